The molecule has 29 heavy (non-hydrogen) atoms. The first kappa shape index (κ1) is 18.0. The van der Waals surface area contributed by atoms with Crippen molar-refractivity contribution in [2.75, 3.05) is 20.4 Å². The van der Waals surface area contributed by atoms with Gasteiger partial charge in [0.2, 0.25) is 6.79 Å². The number of carbonyl (C=O) groups is 1. The number of phenols is 1. The fourth-order valence-electron chi connectivity index (χ4n) is 4.50. The summed E-state index contributed by atoms with van der Waals surface area (Å²) in [5.74, 6) is -0.828. The Hall–Kier alpha value is -3.10. The van der Waals surface area contributed by atoms with Crippen molar-refractivity contribution in [3.05, 3.63) is 34.9 Å². The molecule has 152 valence electrons. The van der Waals surface area contributed by atoms with Crippen LogP contribution in [-0.2, 0) is 17.6 Å². The summed E-state index contributed by atoms with van der Waals surface area (Å²) in [7, 11) is 1.41. The number of phenolic OH excluding ortho intramolecular Hbond substituents is 1. The smallest absolute Gasteiger partial charge is 0.471 e. The fourth-order valence-corrected chi connectivity index (χ4v) is 4.50. The lowest BCUT2D eigenvalue weighted by Gasteiger charge is -2.42. The van der Waals surface area contributed by atoms with E-state index in [1.165, 1.54) is 7.11 Å². The van der Waals surface area contributed by atoms with Crippen molar-refractivity contribution in [2.24, 2.45) is 0 Å². The quantitative estimate of drug-likeness (QED) is 0.786. The Balaban J connectivity index is 1.75. The number of rotatable bonds is 1. The number of alkyl halides is 3. The minimum Gasteiger partial charge on any atom is -0.504 e. The number of benzene rings is 2. The first-order valence-electron chi connectivity index (χ1n) is 9.03. The lowest BCUT2D eigenvalue weighted by atomic mass is 9.76. The number of carbonyl (C=O) groups excluding carboxylic acids is 1. The highest BCUT2D eigenvalue weighted by molar-refractivity contribution is 5.88. The van der Waals surface area contributed by atoms with Gasteiger partial charge in [-0.15, -0.1) is 0 Å². The van der Waals surface area contributed by atoms with Crippen molar-refractivity contribution in [1.82, 2.24) is 4.90 Å². The van der Waals surface area contributed by atoms with E-state index in [0.29, 0.717) is 33.8 Å². The normalized spacial score (nSPS) is 18.9. The van der Waals surface area contributed by atoms with Crippen molar-refractivity contribution in [2.45, 2.75) is 25.1 Å². The minimum absolute atomic E-state index is 0.0442. The zero-order chi connectivity index (χ0) is 20.5. The Morgan fingerprint density at radius 2 is 1.93 bits per heavy atom. The van der Waals surface area contributed by atoms with Crippen LogP contribution in [0.4, 0.5) is 13.2 Å². The molecule has 0 saturated heterocycles. The van der Waals surface area contributed by atoms with Crippen LogP contribution in [-0.4, -0.2) is 42.5 Å². The van der Waals surface area contributed by atoms with Crippen LogP contribution in [0, 0.1) is 0 Å². The molecule has 0 fully saturated rings. The molecule has 1 N–H and O–H groups in total. The average Bonchev–Trinajstić information content (AvgIpc) is 3.14. The maximum Gasteiger partial charge on any atom is 0.471 e. The van der Waals surface area contributed by atoms with Crippen LogP contribution in [0.2, 0.25) is 0 Å². The standard InChI is InChI=1S/C20H16F3NO5/c1-27-15-5-9-2-3-24(19(26)20(21,22)23)12-4-10-6-13-14(29-8-28-13)7-11(10)17(16(9)12)18(15)25/h5-7,12,25H,2-4,8H2,1H3/t12-/m0/s1. The second kappa shape index (κ2) is 5.95. The zero-order valence-electron chi connectivity index (χ0n) is 15.3. The van der Waals surface area contributed by atoms with Crippen molar-refractivity contribution in [3.8, 4) is 34.1 Å². The highest BCUT2D eigenvalue weighted by Crippen LogP contribution is 2.54. The third kappa shape index (κ3) is 2.53. The minimum atomic E-state index is -4.97. The molecule has 0 bridgehead atoms. The molecule has 0 spiro atoms. The van der Waals surface area contributed by atoms with Gasteiger partial charge in [-0.2, -0.15) is 13.2 Å². The van der Waals surface area contributed by atoms with E-state index < -0.39 is 18.1 Å². The molecule has 5 rings (SSSR count). The first-order chi connectivity index (χ1) is 13.8. The molecule has 1 atom stereocenters. The Bertz CT molecular complexity index is 1050. The number of ether oxygens (including phenoxy) is 3. The number of aromatic hydroxyl groups is 1. The molecule has 0 radical (unpaired) electrons. The van der Waals surface area contributed by atoms with Crippen LogP contribution >= 0.6 is 0 Å². The maximum absolute atomic E-state index is 13.2. The molecule has 3 aliphatic rings. The predicted molar refractivity (Wildman–Crippen MR) is 94.1 cm³/mol. The Labute approximate surface area is 163 Å². The predicted octanol–water partition coefficient (Wildman–Crippen LogP) is 3.34. The highest BCUT2D eigenvalue weighted by atomic mass is 19.4. The van der Waals surface area contributed by atoms with Gasteiger partial charge in [0.1, 0.15) is 0 Å². The molecular weight excluding hydrogens is 391 g/mol. The fraction of sp³-hybridized carbons (Fsp3) is 0.350. The largest absolute Gasteiger partial charge is 0.504 e. The van der Waals surface area contributed by atoms with Crippen LogP contribution in [0.25, 0.3) is 11.1 Å². The number of hydrogen-bond acceptors (Lipinski definition) is 5. The Kier molecular flexibility index (Phi) is 3.68. The van der Waals surface area contributed by atoms with Crippen molar-refractivity contribution >= 4 is 5.91 Å². The second-order valence-electron chi connectivity index (χ2n) is 7.20. The number of methoxy groups -OCH3 is 1. The third-order valence-electron chi connectivity index (χ3n) is 5.73. The summed E-state index contributed by atoms with van der Waals surface area (Å²) in [6.45, 7) is -0.0220. The monoisotopic (exact) mass is 407 g/mol. The van der Waals surface area contributed by atoms with Crippen molar-refractivity contribution < 1.29 is 37.3 Å². The molecule has 0 saturated carbocycles. The summed E-state index contributed by atoms with van der Waals surface area (Å²) in [5, 5.41) is 10.9. The second-order valence-corrected chi connectivity index (χ2v) is 7.20. The summed E-state index contributed by atoms with van der Waals surface area (Å²) in [4.78, 5) is 13.0. The summed E-state index contributed by atoms with van der Waals surface area (Å²) < 4.78 is 55.7. The SMILES string of the molecule is COc1cc2c3c(c1O)-c1cc4c(cc1C[C@@H]3N(C(=O)C(F)(F)F)CC2)OCO4. The molecule has 0 aromatic heterocycles. The number of hydrogen-bond donors (Lipinski definition) is 1. The topological polar surface area (TPSA) is 68.2 Å². The average molecular weight is 407 g/mol. The van der Waals surface area contributed by atoms with E-state index in [1.54, 1.807) is 18.2 Å². The van der Waals surface area contributed by atoms with E-state index in [9.17, 15) is 23.1 Å². The Morgan fingerprint density at radius 3 is 2.62 bits per heavy atom. The van der Waals surface area contributed by atoms with Crippen LogP contribution < -0.4 is 14.2 Å². The Morgan fingerprint density at radius 1 is 1.21 bits per heavy atom. The van der Waals surface area contributed by atoms with Crippen LogP contribution in [0.1, 0.15) is 22.7 Å². The van der Waals surface area contributed by atoms with E-state index in [2.05, 4.69) is 0 Å². The molecule has 6 nitrogen and oxygen atoms in total. The summed E-state index contributed by atoms with van der Waals surface area (Å²) in [6, 6.07) is 4.21. The number of halogens is 3. The van der Waals surface area contributed by atoms with Gasteiger partial charge in [-0.1, -0.05) is 0 Å². The van der Waals surface area contributed by atoms with Crippen molar-refractivity contribution in [1.29, 1.82) is 0 Å². The van der Waals surface area contributed by atoms with Gasteiger partial charge in [-0.25, -0.2) is 0 Å². The maximum atomic E-state index is 13.2. The molecule has 2 aromatic carbocycles. The van der Waals surface area contributed by atoms with Gasteiger partial charge >= 0.3 is 12.1 Å². The van der Waals surface area contributed by atoms with Crippen LogP contribution in [0.3, 0.4) is 0 Å². The van der Waals surface area contributed by atoms with Gasteiger partial charge in [0.05, 0.1) is 13.2 Å². The molecule has 1 amide bonds. The molecule has 2 aromatic rings. The molecule has 2 heterocycles. The summed E-state index contributed by atoms with van der Waals surface area (Å²) >= 11 is 0. The van der Waals surface area contributed by atoms with Crippen LogP contribution in [0.15, 0.2) is 18.2 Å². The highest BCUT2D eigenvalue weighted by Gasteiger charge is 2.48. The first-order valence-corrected chi connectivity index (χ1v) is 9.03. The molecule has 2 aliphatic heterocycles. The van der Waals surface area contributed by atoms with E-state index in [0.717, 1.165) is 10.5 Å². The number of nitrogens with zero attached hydrogens (tertiary/aromatic N) is 1. The number of fused-ring (bicyclic) bond motifs is 3. The molecule has 0 unspecified atom stereocenters. The van der Waals surface area contributed by atoms with Gasteiger partial charge in [-0.05, 0) is 53.3 Å². The van der Waals surface area contributed by atoms with E-state index in [-0.39, 0.29) is 37.7 Å². The lowest BCUT2D eigenvalue weighted by molar-refractivity contribution is -0.188. The molecule has 1 aliphatic carbocycles. The number of amides is 1. The van der Waals surface area contributed by atoms with Gasteiger partial charge in [0.25, 0.3) is 0 Å². The van der Waals surface area contributed by atoms with E-state index in [4.69, 9.17) is 14.2 Å². The lowest BCUT2D eigenvalue weighted by Crippen LogP contribution is -2.48. The summed E-state index contributed by atoms with van der Waals surface area (Å²) in [5.41, 5.74) is 2.97. The third-order valence-corrected chi connectivity index (χ3v) is 5.73. The van der Waals surface area contributed by atoms with Gasteiger partial charge < -0.3 is 24.2 Å². The van der Waals surface area contributed by atoms with Gasteiger partial charge in [0, 0.05) is 12.1 Å². The summed E-state index contributed by atoms with van der Waals surface area (Å²) in [6.07, 6.45) is -4.56. The zero-order valence-corrected chi connectivity index (χ0v) is 15.3. The molecule has 9 heteroatoms. The van der Waals surface area contributed by atoms with E-state index >= 15 is 0 Å². The van der Waals surface area contributed by atoms with Gasteiger partial charge in [-0.3, -0.25) is 4.79 Å². The van der Waals surface area contributed by atoms with Crippen molar-refractivity contribution in [3.63, 3.8) is 0 Å². The van der Waals surface area contributed by atoms with E-state index in [1.807, 2.05) is 0 Å². The van der Waals surface area contributed by atoms with Crippen LogP contribution in [0.5, 0.6) is 23.0 Å². The molecular formula is C20H16F3NO5. The van der Waals surface area contributed by atoms with Gasteiger partial charge in [0.15, 0.2) is 23.0 Å².